The molecule has 0 aromatic rings. The lowest BCUT2D eigenvalue weighted by Crippen LogP contribution is -2.31. The molecule has 19 heavy (non-hydrogen) atoms. The zero-order valence-corrected chi connectivity index (χ0v) is 13.4. The summed E-state index contributed by atoms with van der Waals surface area (Å²) in [6.07, 6.45) is 1.30. The molecule has 0 heterocycles. The number of hydrogen-bond donors (Lipinski definition) is 0. The summed E-state index contributed by atoms with van der Waals surface area (Å²) in [6, 6.07) is 0. The van der Waals surface area contributed by atoms with E-state index in [1.165, 1.54) is 0 Å². The highest BCUT2D eigenvalue weighted by atomic mass is 16.5. The van der Waals surface area contributed by atoms with Gasteiger partial charge >= 0.3 is 5.97 Å². The van der Waals surface area contributed by atoms with E-state index < -0.39 is 0 Å². The number of ether oxygens (including phenoxy) is 3. The van der Waals surface area contributed by atoms with Gasteiger partial charge in [-0.05, 0) is 6.42 Å². The summed E-state index contributed by atoms with van der Waals surface area (Å²) in [5, 5.41) is 0. The van der Waals surface area contributed by atoms with Crippen LogP contribution in [0.5, 0.6) is 0 Å². The third-order valence-corrected chi connectivity index (χ3v) is 2.60. The lowest BCUT2D eigenvalue weighted by Gasteiger charge is -2.28. The lowest BCUT2D eigenvalue weighted by molar-refractivity contribution is -0.148. The summed E-state index contributed by atoms with van der Waals surface area (Å²) >= 11 is 0. The highest BCUT2D eigenvalue weighted by molar-refractivity contribution is 5.69. The normalized spacial score (nSPS) is 12.5. The Morgan fingerprint density at radius 3 is 1.95 bits per heavy atom. The van der Waals surface area contributed by atoms with Crippen LogP contribution in [0.15, 0.2) is 0 Å². The fraction of sp³-hybridized carbons (Fsp3) is 0.933. The van der Waals surface area contributed by atoms with Crippen LogP contribution in [0.3, 0.4) is 0 Å². The van der Waals surface area contributed by atoms with E-state index in [9.17, 15) is 4.79 Å². The van der Waals surface area contributed by atoms with Crippen LogP contribution in [-0.2, 0) is 19.0 Å². The van der Waals surface area contributed by atoms with Gasteiger partial charge in [-0.25, -0.2) is 0 Å². The summed E-state index contributed by atoms with van der Waals surface area (Å²) in [5.41, 5.74) is -0.156. The highest BCUT2D eigenvalue weighted by Crippen LogP contribution is 2.20. The quantitative estimate of drug-likeness (QED) is 0.574. The minimum atomic E-state index is -0.160. The van der Waals surface area contributed by atoms with Crippen molar-refractivity contribution < 1.29 is 19.0 Å². The van der Waals surface area contributed by atoms with Crippen LogP contribution >= 0.6 is 0 Å². The van der Waals surface area contributed by atoms with E-state index in [4.69, 9.17) is 14.2 Å². The molecule has 0 aromatic heterocycles. The van der Waals surface area contributed by atoms with E-state index in [2.05, 4.69) is 13.8 Å². The van der Waals surface area contributed by atoms with Crippen LogP contribution in [0.1, 0.15) is 47.5 Å². The number of esters is 1. The van der Waals surface area contributed by atoms with Gasteiger partial charge in [0.1, 0.15) is 0 Å². The average Bonchev–Trinajstić information content (AvgIpc) is 2.26. The van der Waals surface area contributed by atoms with Crippen LogP contribution in [0.2, 0.25) is 0 Å². The van der Waals surface area contributed by atoms with Crippen molar-refractivity contribution in [3.63, 3.8) is 0 Å². The van der Waals surface area contributed by atoms with Gasteiger partial charge in [-0.15, -0.1) is 0 Å². The maximum absolute atomic E-state index is 11.3. The second kappa shape index (κ2) is 8.54. The molecule has 0 aliphatic carbocycles. The van der Waals surface area contributed by atoms with Gasteiger partial charge in [0, 0.05) is 24.4 Å². The summed E-state index contributed by atoms with van der Waals surface area (Å²) in [4.78, 5) is 11.3. The Bertz CT molecular complexity index is 259. The number of carbonyl (C=O) groups is 1. The van der Waals surface area contributed by atoms with E-state index in [0.29, 0.717) is 32.8 Å². The Balaban J connectivity index is 3.93. The predicted octanol–water partition coefficient (Wildman–Crippen LogP) is 3.05. The van der Waals surface area contributed by atoms with Gasteiger partial charge in [-0.1, -0.05) is 34.6 Å². The molecule has 0 spiro atoms. The molecule has 0 N–H and O–H groups in total. The van der Waals surface area contributed by atoms with Crippen molar-refractivity contribution in [1.29, 1.82) is 0 Å². The first-order valence-corrected chi connectivity index (χ1v) is 6.95. The number of rotatable bonds is 10. The van der Waals surface area contributed by atoms with Crippen molar-refractivity contribution in [2.75, 3.05) is 33.5 Å². The molecular formula is C15H30O4. The second-order valence-electron chi connectivity index (χ2n) is 6.66. The van der Waals surface area contributed by atoms with Crippen LogP contribution in [0.25, 0.3) is 0 Å². The smallest absolute Gasteiger partial charge is 0.305 e. The van der Waals surface area contributed by atoms with Crippen LogP contribution in [0.4, 0.5) is 0 Å². The van der Waals surface area contributed by atoms with Gasteiger partial charge in [-0.2, -0.15) is 0 Å². The van der Waals surface area contributed by atoms with Crippen molar-refractivity contribution >= 4 is 5.97 Å². The summed E-state index contributed by atoms with van der Waals surface area (Å²) in [6.45, 7) is 12.5. The first-order chi connectivity index (χ1) is 8.72. The molecular weight excluding hydrogens is 244 g/mol. The molecule has 114 valence electrons. The monoisotopic (exact) mass is 274 g/mol. The summed E-state index contributed by atoms with van der Waals surface area (Å²) in [7, 11) is 1.69. The molecule has 0 atom stereocenters. The predicted molar refractivity (Wildman–Crippen MR) is 76.1 cm³/mol. The lowest BCUT2D eigenvalue weighted by atomic mass is 9.94. The minimum Gasteiger partial charge on any atom is -0.465 e. The van der Waals surface area contributed by atoms with Gasteiger partial charge in [0.2, 0.25) is 0 Å². The van der Waals surface area contributed by atoms with E-state index in [1.54, 1.807) is 7.11 Å². The fourth-order valence-corrected chi connectivity index (χ4v) is 1.63. The van der Waals surface area contributed by atoms with E-state index in [-0.39, 0.29) is 16.8 Å². The zero-order chi connectivity index (χ0) is 14.9. The standard InChI is InChI=1S/C15H30O4/c1-7-8-13(16)19-12-15(4,5)11-18-10-14(2,3)9-17-6/h7-12H2,1-6H3. The molecule has 0 bridgehead atoms. The van der Waals surface area contributed by atoms with Crippen molar-refractivity contribution in [3.05, 3.63) is 0 Å². The van der Waals surface area contributed by atoms with Crippen molar-refractivity contribution in [1.82, 2.24) is 0 Å². The van der Waals surface area contributed by atoms with Gasteiger partial charge in [0.05, 0.1) is 26.4 Å². The molecule has 0 radical (unpaired) electrons. The first kappa shape index (κ1) is 18.4. The first-order valence-electron chi connectivity index (χ1n) is 6.95. The molecule has 0 fully saturated rings. The molecule has 0 aliphatic rings. The van der Waals surface area contributed by atoms with E-state index in [1.807, 2.05) is 20.8 Å². The molecule has 4 nitrogen and oxygen atoms in total. The van der Waals surface area contributed by atoms with Crippen LogP contribution < -0.4 is 0 Å². The zero-order valence-electron chi connectivity index (χ0n) is 13.4. The van der Waals surface area contributed by atoms with Gasteiger partial charge in [0.15, 0.2) is 0 Å². The van der Waals surface area contributed by atoms with Crippen molar-refractivity contribution in [2.24, 2.45) is 10.8 Å². The van der Waals surface area contributed by atoms with Gasteiger partial charge in [-0.3, -0.25) is 4.79 Å². The third kappa shape index (κ3) is 9.91. The highest BCUT2D eigenvalue weighted by Gasteiger charge is 2.23. The Labute approximate surface area is 117 Å². The minimum absolute atomic E-state index is 0.00369. The Hall–Kier alpha value is -0.610. The molecule has 0 saturated heterocycles. The number of hydrogen-bond acceptors (Lipinski definition) is 4. The SMILES string of the molecule is CCCC(=O)OCC(C)(C)COCC(C)(C)COC. The number of carbonyl (C=O) groups excluding carboxylic acids is 1. The third-order valence-electron chi connectivity index (χ3n) is 2.60. The Kier molecular flexibility index (Phi) is 8.26. The molecule has 0 saturated carbocycles. The van der Waals surface area contributed by atoms with Crippen molar-refractivity contribution in [2.45, 2.75) is 47.5 Å². The molecule has 0 unspecified atom stereocenters. The topological polar surface area (TPSA) is 44.8 Å². The van der Waals surface area contributed by atoms with Crippen LogP contribution in [-0.4, -0.2) is 39.5 Å². The van der Waals surface area contributed by atoms with E-state index in [0.717, 1.165) is 6.42 Å². The average molecular weight is 274 g/mol. The molecule has 0 aliphatic heterocycles. The second-order valence-corrected chi connectivity index (χ2v) is 6.66. The molecule has 4 heteroatoms. The van der Waals surface area contributed by atoms with Gasteiger partial charge < -0.3 is 14.2 Å². The maximum atomic E-state index is 11.3. The fourth-order valence-electron chi connectivity index (χ4n) is 1.63. The van der Waals surface area contributed by atoms with Crippen molar-refractivity contribution in [3.8, 4) is 0 Å². The molecule has 0 aromatic carbocycles. The molecule has 0 rings (SSSR count). The summed E-state index contributed by atoms with van der Waals surface area (Å²) in [5.74, 6) is -0.129. The van der Waals surface area contributed by atoms with Crippen LogP contribution in [0, 0.1) is 10.8 Å². The summed E-state index contributed by atoms with van der Waals surface area (Å²) < 4.78 is 16.1. The van der Waals surface area contributed by atoms with E-state index >= 15 is 0 Å². The number of methoxy groups -OCH3 is 1. The molecule has 0 amide bonds. The Morgan fingerprint density at radius 2 is 1.47 bits per heavy atom. The maximum Gasteiger partial charge on any atom is 0.305 e. The Morgan fingerprint density at radius 1 is 0.947 bits per heavy atom. The van der Waals surface area contributed by atoms with Gasteiger partial charge in [0.25, 0.3) is 0 Å². The largest absolute Gasteiger partial charge is 0.465 e.